The molecule has 1 amide bonds. The highest BCUT2D eigenvalue weighted by molar-refractivity contribution is 5.91. The lowest BCUT2D eigenvalue weighted by atomic mass is 10.0. The van der Waals surface area contributed by atoms with Crippen molar-refractivity contribution in [3.8, 4) is 0 Å². The predicted octanol–water partition coefficient (Wildman–Crippen LogP) is 0.344. The monoisotopic (exact) mass is 238 g/mol. The van der Waals surface area contributed by atoms with Gasteiger partial charge < -0.3 is 15.4 Å². The van der Waals surface area contributed by atoms with Gasteiger partial charge in [0.2, 0.25) is 0 Å². The molecule has 0 saturated carbocycles. The normalized spacial score (nSPS) is 17.6. The van der Waals surface area contributed by atoms with Gasteiger partial charge in [-0.1, -0.05) is 0 Å². The highest BCUT2D eigenvalue weighted by Crippen LogP contribution is 2.16. The van der Waals surface area contributed by atoms with Crippen molar-refractivity contribution in [3.05, 3.63) is 11.3 Å². The van der Waals surface area contributed by atoms with E-state index in [2.05, 4.69) is 20.8 Å². The first kappa shape index (κ1) is 12.1. The quantitative estimate of drug-likeness (QED) is 0.707. The number of anilines is 1. The van der Waals surface area contributed by atoms with E-state index in [9.17, 15) is 4.79 Å². The van der Waals surface area contributed by atoms with Gasteiger partial charge in [0, 0.05) is 24.3 Å². The van der Waals surface area contributed by atoms with Crippen LogP contribution in [-0.2, 0) is 9.53 Å². The van der Waals surface area contributed by atoms with E-state index in [1.165, 1.54) is 0 Å². The summed E-state index contributed by atoms with van der Waals surface area (Å²) in [5.41, 5.74) is 1.71. The van der Waals surface area contributed by atoms with Crippen molar-refractivity contribution in [2.24, 2.45) is 0 Å². The van der Waals surface area contributed by atoms with Gasteiger partial charge >= 0.3 is 0 Å². The van der Waals surface area contributed by atoms with Crippen molar-refractivity contribution in [3.63, 3.8) is 0 Å². The van der Waals surface area contributed by atoms with Crippen LogP contribution in [0.25, 0.3) is 0 Å². The molecule has 2 rings (SSSR count). The molecule has 1 fully saturated rings. The smallest absolute Gasteiger partial charge is 0.251 e. The third-order valence-corrected chi connectivity index (χ3v) is 3.06. The summed E-state index contributed by atoms with van der Waals surface area (Å²) < 4.78 is 5.53. The van der Waals surface area contributed by atoms with E-state index in [1.807, 2.05) is 20.8 Å². The van der Waals surface area contributed by atoms with Gasteiger partial charge in [-0.15, -0.1) is 0 Å². The SMILES string of the molecule is Cc1[nH]nc(NC(=O)COC2(C)CNC2)c1C. The van der Waals surface area contributed by atoms with Crippen molar-refractivity contribution in [1.29, 1.82) is 0 Å². The standard InChI is InChI=1S/C11H18N4O2/c1-7-8(2)14-15-10(7)13-9(16)4-17-11(3)5-12-6-11/h12H,4-6H2,1-3H3,(H2,13,14,15,16). The van der Waals surface area contributed by atoms with Crippen LogP contribution in [-0.4, -0.2) is 41.4 Å². The van der Waals surface area contributed by atoms with E-state index in [1.54, 1.807) is 0 Å². The molecule has 1 aromatic heterocycles. The van der Waals surface area contributed by atoms with Gasteiger partial charge in [0.05, 0.1) is 5.60 Å². The molecule has 17 heavy (non-hydrogen) atoms. The minimum Gasteiger partial charge on any atom is -0.363 e. The first-order valence-corrected chi connectivity index (χ1v) is 5.66. The van der Waals surface area contributed by atoms with Crippen molar-refractivity contribution < 1.29 is 9.53 Å². The third kappa shape index (κ3) is 2.65. The van der Waals surface area contributed by atoms with Gasteiger partial charge in [-0.3, -0.25) is 9.89 Å². The molecule has 0 aromatic carbocycles. The molecule has 1 saturated heterocycles. The van der Waals surface area contributed by atoms with Crippen molar-refractivity contribution >= 4 is 11.7 Å². The number of aryl methyl sites for hydroxylation is 1. The molecule has 0 bridgehead atoms. The molecule has 1 aromatic rings. The fourth-order valence-corrected chi connectivity index (χ4v) is 1.59. The molecular weight excluding hydrogens is 220 g/mol. The lowest BCUT2D eigenvalue weighted by Crippen LogP contribution is -2.59. The van der Waals surface area contributed by atoms with Crippen LogP contribution in [0.1, 0.15) is 18.2 Å². The fourth-order valence-electron chi connectivity index (χ4n) is 1.59. The van der Waals surface area contributed by atoms with Crippen molar-refractivity contribution in [2.75, 3.05) is 25.0 Å². The molecule has 0 unspecified atom stereocenters. The summed E-state index contributed by atoms with van der Waals surface area (Å²) in [6.45, 7) is 7.45. The van der Waals surface area contributed by atoms with Crippen LogP contribution in [0.2, 0.25) is 0 Å². The highest BCUT2D eigenvalue weighted by Gasteiger charge is 2.33. The number of nitrogens with one attached hydrogen (secondary N) is 3. The topological polar surface area (TPSA) is 79.0 Å². The molecule has 0 atom stereocenters. The zero-order valence-electron chi connectivity index (χ0n) is 10.4. The van der Waals surface area contributed by atoms with Crippen LogP contribution in [0.15, 0.2) is 0 Å². The number of carbonyl (C=O) groups is 1. The van der Waals surface area contributed by atoms with Crippen molar-refractivity contribution in [2.45, 2.75) is 26.4 Å². The lowest BCUT2D eigenvalue weighted by Gasteiger charge is -2.38. The number of aromatic nitrogens is 2. The van der Waals surface area contributed by atoms with Gasteiger partial charge in [-0.2, -0.15) is 5.10 Å². The maximum absolute atomic E-state index is 11.7. The Morgan fingerprint density at radius 3 is 2.71 bits per heavy atom. The molecule has 6 nitrogen and oxygen atoms in total. The minimum absolute atomic E-state index is 0.0591. The van der Waals surface area contributed by atoms with Gasteiger partial charge in [-0.05, 0) is 20.8 Å². The molecule has 3 N–H and O–H groups in total. The summed E-state index contributed by atoms with van der Waals surface area (Å²) in [5, 5.41) is 12.7. The van der Waals surface area contributed by atoms with Crippen LogP contribution >= 0.6 is 0 Å². The van der Waals surface area contributed by atoms with Gasteiger partial charge in [0.15, 0.2) is 5.82 Å². The van der Waals surface area contributed by atoms with Gasteiger partial charge in [0.25, 0.3) is 5.91 Å². The van der Waals surface area contributed by atoms with Crippen LogP contribution in [0, 0.1) is 13.8 Å². The number of hydrogen-bond donors (Lipinski definition) is 3. The number of H-pyrrole nitrogens is 1. The summed E-state index contributed by atoms with van der Waals surface area (Å²) in [6.07, 6.45) is 0. The minimum atomic E-state index is -0.201. The summed E-state index contributed by atoms with van der Waals surface area (Å²) in [7, 11) is 0. The summed E-state index contributed by atoms with van der Waals surface area (Å²) in [5.74, 6) is 0.403. The molecule has 6 heteroatoms. The zero-order valence-corrected chi connectivity index (χ0v) is 10.4. The molecule has 0 aliphatic carbocycles. The van der Waals surface area contributed by atoms with E-state index in [4.69, 9.17) is 4.74 Å². The molecule has 0 radical (unpaired) electrons. The lowest BCUT2D eigenvalue weighted by molar-refractivity contribution is -0.130. The second-order valence-corrected chi connectivity index (χ2v) is 4.71. The molecule has 2 heterocycles. The third-order valence-electron chi connectivity index (χ3n) is 3.06. The Bertz CT molecular complexity index is 423. The molecular formula is C11H18N4O2. The van der Waals surface area contributed by atoms with Crippen LogP contribution in [0.4, 0.5) is 5.82 Å². The number of amides is 1. The Morgan fingerprint density at radius 2 is 2.24 bits per heavy atom. The maximum atomic E-state index is 11.7. The number of rotatable bonds is 4. The fraction of sp³-hybridized carbons (Fsp3) is 0.636. The Hall–Kier alpha value is -1.40. The number of carbonyl (C=O) groups excluding carboxylic acids is 1. The summed E-state index contributed by atoms with van der Waals surface area (Å²) >= 11 is 0. The second kappa shape index (κ2) is 4.46. The Morgan fingerprint density at radius 1 is 1.53 bits per heavy atom. The Labute approximate surface area is 100 Å². The van der Waals surface area contributed by atoms with E-state index in [-0.39, 0.29) is 18.1 Å². The Balaban J connectivity index is 1.83. The Kier molecular flexibility index (Phi) is 3.17. The number of aromatic amines is 1. The average molecular weight is 238 g/mol. The first-order chi connectivity index (χ1) is 8.00. The maximum Gasteiger partial charge on any atom is 0.251 e. The van der Waals surface area contributed by atoms with E-state index in [0.29, 0.717) is 5.82 Å². The van der Waals surface area contributed by atoms with Crippen LogP contribution in [0.5, 0.6) is 0 Å². The van der Waals surface area contributed by atoms with E-state index < -0.39 is 0 Å². The second-order valence-electron chi connectivity index (χ2n) is 4.71. The molecule has 0 spiro atoms. The first-order valence-electron chi connectivity index (χ1n) is 5.66. The predicted molar refractivity (Wildman–Crippen MR) is 63.9 cm³/mol. The van der Waals surface area contributed by atoms with Crippen LogP contribution in [0.3, 0.4) is 0 Å². The van der Waals surface area contributed by atoms with Crippen LogP contribution < -0.4 is 10.6 Å². The van der Waals surface area contributed by atoms with Gasteiger partial charge in [-0.25, -0.2) is 0 Å². The largest absolute Gasteiger partial charge is 0.363 e. The highest BCUT2D eigenvalue weighted by atomic mass is 16.5. The molecule has 94 valence electrons. The summed E-state index contributed by atoms with van der Waals surface area (Å²) in [4.78, 5) is 11.7. The molecule has 1 aliphatic heterocycles. The van der Waals surface area contributed by atoms with E-state index in [0.717, 1.165) is 24.3 Å². The van der Waals surface area contributed by atoms with Gasteiger partial charge in [0.1, 0.15) is 6.61 Å². The van der Waals surface area contributed by atoms with E-state index >= 15 is 0 Å². The number of hydrogen-bond acceptors (Lipinski definition) is 4. The molecule has 1 aliphatic rings. The summed E-state index contributed by atoms with van der Waals surface area (Å²) in [6, 6.07) is 0. The zero-order chi connectivity index (χ0) is 12.5. The number of nitrogens with zero attached hydrogens (tertiary/aromatic N) is 1. The number of ether oxygens (including phenoxy) is 1. The average Bonchev–Trinajstić information content (AvgIpc) is 2.56. The van der Waals surface area contributed by atoms with Crippen molar-refractivity contribution in [1.82, 2.24) is 15.5 Å².